The van der Waals surface area contributed by atoms with E-state index in [9.17, 15) is 22.4 Å². The van der Waals surface area contributed by atoms with Crippen molar-refractivity contribution >= 4 is 27.5 Å². The number of rotatable bonds is 6. The van der Waals surface area contributed by atoms with Crippen LogP contribution >= 0.6 is 0 Å². The molecule has 0 aliphatic heterocycles. The first-order chi connectivity index (χ1) is 13.4. The highest BCUT2D eigenvalue weighted by Crippen LogP contribution is 2.19. The van der Waals surface area contributed by atoms with E-state index >= 15 is 0 Å². The summed E-state index contributed by atoms with van der Waals surface area (Å²) in [6.07, 6.45) is 0. The van der Waals surface area contributed by atoms with E-state index in [4.69, 9.17) is 0 Å². The minimum Gasteiger partial charge on any atom is -0.350 e. The molecule has 0 spiro atoms. The van der Waals surface area contributed by atoms with Crippen LogP contribution in [0.4, 0.5) is 10.1 Å². The highest BCUT2D eigenvalue weighted by Gasteiger charge is 2.22. The Labute approximate surface area is 169 Å². The van der Waals surface area contributed by atoms with Crippen molar-refractivity contribution in [1.29, 1.82) is 0 Å². The van der Waals surface area contributed by atoms with Crippen molar-refractivity contribution in [3.63, 3.8) is 0 Å². The van der Waals surface area contributed by atoms with Crippen LogP contribution in [0.5, 0.6) is 0 Å². The van der Waals surface area contributed by atoms with E-state index in [2.05, 4.69) is 15.4 Å². The Hall–Kier alpha value is -2.94. The normalized spacial score (nSPS) is 12.7. The SMILES string of the molecule is CC(NC(=O)c1ccc(S(=O)(=O)Nc2ccccc2F)cc1)C(=O)NC(C)(C)C. The summed E-state index contributed by atoms with van der Waals surface area (Å²) in [4.78, 5) is 24.3. The summed E-state index contributed by atoms with van der Waals surface area (Å²) in [7, 11) is -4.02. The third kappa shape index (κ3) is 6.28. The third-order valence-electron chi connectivity index (χ3n) is 3.78. The van der Waals surface area contributed by atoms with E-state index in [0.29, 0.717) is 0 Å². The van der Waals surface area contributed by atoms with Crippen LogP contribution in [-0.4, -0.2) is 31.8 Å². The molecule has 0 radical (unpaired) electrons. The molecular weight excluding hydrogens is 397 g/mol. The van der Waals surface area contributed by atoms with Crippen LogP contribution in [0.3, 0.4) is 0 Å². The zero-order chi connectivity index (χ0) is 21.8. The van der Waals surface area contributed by atoms with E-state index in [1.165, 1.54) is 42.5 Å². The maximum Gasteiger partial charge on any atom is 0.261 e. The maximum atomic E-state index is 13.7. The van der Waals surface area contributed by atoms with Crippen molar-refractivity contribution < 1.29 is 22.4 Å². The van der Waals surface area contributed by atoms with Crippen LogP contribution in [-0.2, 0) is 14.8 Å². The molecule has 0 aliphatic carbocycles. The number of nitrogens with one attached hydrogen (secondary N) is 3. The van der Waals surface area contributed by atoms with Gasteiger partial charge in [0, 0.05) is 11.1 Å². The number of anilines is 1. The monoisotopic (exact) mass is 421 g/mol. The lowest BCUT2D eigenvalue weighted by molar-refractivity contribution is -0.124. The molecule has 1 unspecified atom stereocenters. The van der Waals surface area contributed by atoms with Gasteiger partial charge in [0.2, 0.25) is 5.91 Å². The Morgan fingerprint density at radius 2 is 1.59 bits per heavy atom. The average molecular weight is 421 g/mol. The van der Waals surface area contributed by atoms with Gasteiger partial charge in [-0.3, -0.25) is 14.3 Å². The fourth-order valence-electron chi connectivity index (χ4n) is 2.36. The maximum absolute atomic E-state index is 13.7. The van der Waals surface area contributed by atoms with E-state index in [0.717, 1.165) is 6.07 Å². The van der Waals surface area contributed by atoms with Gasteiger partial charge in [-0.25, -0.2) is 12.8 Å². The number of carbonyl (C=O) groups is 2. The van der Waals surface area contributed by atoms with E-state index < -0.39 is 33.3 Å². The predicted octanol–water partition coefficient (Wildman–Crippen LogP) is 2.66. The summed E-state index contributed by atoms with van der Waals surface area (Å²) >= 11 is 0. The Bertz CT molecular complexity index is 999. The molecule has 0 fully saturated rings. The first-order valence-corrected chi connectivity index (χ1v) is 10.4. The van der Waals surface area contributed by atoms with Crippen molar-refractivity contribution in [3.05, 3.63) is 59.9 Å². The quantitative estimate of drug-likeness (QED) is 0.667. The number of halogens is 1. The van der Waals surface area contributed by atoms with Gasteiger partial charge in [0.15, 0.2) is 0 Å². The molecule has 2 aromatic rings. The first-order valence-electron chi connectivity index (χ1n) is 8.89. The van der Waals surface area contributed by atoms with Crippen LogP contribution in [0, 0.1) is 5.82 Å². The van der Waals surface area contributed by atoms with E-state index in [1.807, 2.05) is 20.8 Å². The average Bonchev–Trinajstić information content (AvgIpc) is 2.62. The van der Waals surface area contributed by atoms with Crippen LogP contribution < -0.4 is 15.4 Å². The lowest BCUT2D eigenvalue weighted by Crippen LogP contribution is -2.50. The van der Waals surface area contributed by atoms with Crippen molar-refractivity contribution in [2.75, 3.05) is 4.72 Å². The zero-order valence-corrected chi connectivity index (χ0v) is 17.4. The molecule has 1 atom stereocenters. The van der Waals surface area contributed by atoms with Gasteiger partial charge in [-0.15, -0.1) is 0 Å². The van der Waals surface area contributed by atoms with Gasteiger partial charge in [-0.2, -0.15) is 0 Å². The van der Waals surface area contributed by atoms with Crippen molar-refractivity contribution in [2.24, 2.45) is 0 Å². The number of benzene rings is 2. The van der Waals surface area contributed by atoms with Gasteiger partial charge >= 0.3 is 0 Å². The largest absolute Gasteiger partial charge is 0.350 e. The lowest BCUT2D eigenvalue weighted by atomic mass is 10.1. The fraction of sp³-hybridized carbons (Fsp3) is 0.300. The van der Waals surface area contributed by atoms with Gasteiger partial charge in [0.25, 0.3) is 15.9 Å². The highest BCUT2D eigenvalue weighted by atomic mass is 32.2. The van der Waals surface area contributed by atoms with Gasteiger partial charge in [-0.05, 0) is 64.1 Å². The topological polar surface area (TPSA) is 104 Å². The first kappa shape index (κ1) is 22.4. The summed E-state index contributed by atoms with van der Waals surface area (Å²) < 4.78 is 40.7. The summed E-state index contributed by atoms with van der Waals surface area (Å²) in [6.45, 7) is 7.03. The molecule has 0 bridgehead atoms. The molecule has 2 rings (SSSR count). The van der Waals surface area contributed by atoms with Crippen LogP contribution in [0.2, 0.25) is 0 Å². The Morgan fingerprint density at radius 3 is 2.14 bits per heavy atom. The number of hydrogen-bond donors (Lipinski definition) is 3. The molecule has 0 aromatic heterocycles. The van der Waals surface area contributed by atoms with Gasteiger partial charge < -0.3 is 10.6 Å². The number of hydrogen-bond acceptors (Lipinski definition) is 4. The second-order valence-electron chi connectivity index (χ2n) is 7.54. The van der Waals surface area contributed by atoms with E-state index in [1.54, 1.807) is 6.92 Å². The summed E-state index contributed by atoms with van der Waals surface area (Å²) in [6, 6.07) is 9.73. The van der Waals surface area contributed by atoms with Crippen molar-refractivity contribution in [3.8, 4) is 0 Å². The Balaban J connectivity index is 2.08. The molecule has 2 aromatic carbocycles. The lowest BCUT2D eigenvalue weighted by Gasteiger charge is -2.23. The summed E-state index contributed by atoms with van der Waals surface area (Å²) in [5.41, 5.74) is -0.421. The third-order valence-corrected chi connectivity index (χ3v) is 5.17. The molecule has 0 heterocycles. The van der Waals surface area contributed by atoms with Gasteiger partial charge in [0.1, 0.15) is 11.9 Å². The minimum absolute atomic E-state index is 0.129. The summed E-state index contributed by atoms with van der Waals surface area (Å²) in [5, 5.41) is 5.32. The molecule has 0 aliphatic rings. The standard InChI is InChI=1S/C20H24FN3O4S/c1-13(18(25)23-20(2,3)4)22-19(26)14-9-11-15(12-10-14)29(27,28)24-17-8-6-5-7-16(17)21/h5-13,24H,1-4H3,(H,22,26)(H,23,25). The molecule has 0 saturated carbocycles. The minimum atomic E-state index is -4.02. The predicted molar refractivity (Wildman–Crippen MR) is 108 cm³/mol. The van der Waals surface area contributed by atoms with Gasteiger partial charge in [0.05, 0.1) is 10.6 Å². The fourth-order valence-corrected chi connectivity index (χ4v) is 3.42. The zero-order valence-electron chi connectivity index (χ0n) is 16.6. The number of sulfonamides is 1. The van der Waals surface area contributed by atoms with E-state index in [-0.39, 0.29) is 22.1 Å². The molecule has 9 heteroatoms. The van der Waals surface area contributed by atoms with Crippen LogP contribution in [0.15, 0.2) is 53.4 Å². The molecule has 2 amide bonds. The smallest absolute Gasteiger partial charge is 0.261 e. The summed E-state index contributed by atoms with van der Waals surface area (Å²) in [5.74, 6) is -1.55. The second-order valence-corrected chi connectivity index (χ2v) is 9.23. The van der Waals surface area contributed by atoms with Crippen molar-refractivity contribution in [1.82, 2.24) is 10.6 Å². The molecule has 3 N–H and O–H groups in total. The second kappa shape index (κ2) is 8.60. The molecule has 0 saturated heterocycles. The molecular formula is C20H24FN3O4S. The number of para-hydroxylation sites is 1. The van der Waals surface area contributed by atoms with Crippen molar-refractivity contribution in [2.45, 2.75) is 44.2 Å². The number of carbonyl (C=O) groups excluding carboxylic acids is 2. The molecule has 7 nitrogen and oxygen atoms in total. The van der Waals surface area contributed by atoms with Crippen LogP contribution in [0.1, 0.15) is 38.1 Å². The molecule has 29 heavy (non-hydrogen) atoms. The Kier molecular flexibility index (Phi) is 6.63. The Morgan fingerprint density at radius 1 is 1.00 bits per heavy atom. The highest BCUT2D eigenvalue weighted by molar-refractivity contribution is 7.92. The van der Waals surface area contributed by atoms with Gasteiger partial charge in [-0.1, -0.05) is 12.1 Å². The number of amides is 2. The van der Waals surface area contributed by atoms with Crippen LogP contribution in [0.25, 0.3) is 0 Å². The molecule has 156 valence electrons.